The Morgan fingerprint density at radius 3 is 2.42 bits per heavy atom. The summed E-state index contributed by atoms with van der Waals surface area (Å²) in [7, 11) is 1.13. The SMILES string of the molecule is Cn1c(C(=O)Nc2cccc(B3OC(C)(C)C(C)(C)O3)c2Cl)nc2c1CCN(C(=O)[C@H]1CCN(C(=O)OC(C)(C)C)C1)C2. The van der Waals surface area contributed by atoms with Crippen LogP contribution in [0, 0.1) is 5.92 Å². The fourth-order valence-corrected chi connectivity index (χ4v) is 5.87. The van der Waals surface area contributed by atoms with E-state index >= 15 is 0 Å². The van der Waals surface area contributed by atoms with E-state index < -0.39 is 35.9 Å². The second-order valence-corrected chi connectivity index (χ2v) is 13.9. The Balaban J connectivity index is 1.25. The van der Waals surface area contributed by atoms with Gasteiger partial charge in [-0.05, 0) is 61.0 Å². The van der Waals surface area contributed by atoms with Gasteiger partial charge in [-0.1, -0.05) is 23.7 Å². The monoisotopic (exact) mass is 613 g/mol. The van der Waals surface area contributed by atoms with Gasteiger partial charge in [-0.2, -0.15) is 0 Å². The molecule has 1 aromatic heterocycles. The molecule has 11 nitrogen and oxygen atoms in total. The summed E-state index contributed by atoms with van der Waals surface area (Å²) >= 11 is 6.75. The summed E-state index contributed by atoms with van der Waals surface area (Å²) in [5.74, 6) is -0.487. The molecule has 232 valence electrons. The summed E-state index contributed by atoms with van der Waals surface area (Å²) in [5, 5.41) is 3.23. The molecule has 2 saturated heterocycles. The van der Waals surface area contributed by atoms with Gasteiger partial charge in [-0.25, -0.2) is 9.78 Å². The molecule has 3 aliphatic rings. The number of hydrogen-bond donors (Lipinski definition) is 1. The van der Waals surface area contributed by atoms with E-state index in [1.807, 2.05) is 54.5 Å². The lowest BCUT2D eigenvalue weighted by Gasteiger charge is -2.32. The molecule has 3 aliphatic heterocycles. The second-order valence-electron chi connectivity index (χ2n) is 13.6. The normalized spacial score (nSPS) is 21.1. The maximum absolute atomic E-state index is 13.4. The van der Waals surface area contributed by atoms with Gasteiger partial charge in [-0.3, -0.25) is 9.59 Å². The summed E-state index contributed by atoms with van der Waals surface area (Å²) in [6, 6.07) is 5.34. The highest BCUT2D eigenvalue weighted by Crippen LogP contribution is 2.37. The highest BCUT2D eigenvalue weighted by atomic mass is 35.5. The molecule has 3 amide bonds. The van der Waals surface area contributed by atoms with Crippen LogP contribution in [0.2, 0.25) is 5.02 Å². The largest absolute Gasteiger partial charge is 0.496 e. The lowest BCUT2D eigenvalue weighted by molar-refractivity contribution is -0.136. The number of nitrogens with one attached hydrogen (secondary N) is 1. The van der Waals surface area contributed by atoms with Crippen LogP contribution < -0.4 is 10.8 Å². The molecule has 0 radical (unpaired) electrons. The van der Waals surface area contributed by atoms with Crippen molar-refractivity contribution in [3.8, 4) is 0 Å². The van der Waals surface area contributed by atoms with Crippen molar-refractivity contribution in [1.82, 2.24) is 19.4 Å². The number of imidazole rings is 1. The minimum Gasteiger partial charge on any atom is -0.444 e. The first kappa shape index (κ1) is 31.3. The maximum atomic E-state index is 13.4. The average Bonchev–Trinajstić information content (AvgIpc) is 3.58. The van der Waals surface area contributed by atoms with E-state index in [1.54, 1.807) is 33.5 Å². The number of carbonyl (C=O) groups excluding carboxylic acids is 3. The first-order valence-corrected chi connectivity index (χ1v) is 15.1. The summed E-state index contributed by atoms with van der Waals surface area (Å²) in [4.78, 5) is 47.3. The molecule has 2 aromatic rings. The van der Waals surface area contributed by atoms with Crippen molar-refractivity contribution >= 4 is 47.8 Å². The molecule has 0 spiro atoms. The van der Waals surface area contributed by atoms with E-state index in [9.17, 15) is 14.4 Å². The van der Waals surface area contributed by atoms with Crippen LogP contribution in [0.25, 0.3) is 0 Å². The molecule has 0 saturated carbocycles. The minimum atomic E-state index is -0.672. The fraction of sp³-hybridized carbons (Fsp3) is 0.600. The molecule has 1 aromatic carbocycles. The van der Waals surface area contributed by atoms with Crippen molar-refractivity contribution in [2.75, 3.05) is 25.0 Å². The van der Waals surface area contributed by atoms with Crippen molar-refractivity contribution < 1.29 is 28.4 Å². The number of carbonyl (C=O) groups is 3. The van der Waals surface area contributed by atoms with Gasteiger partial charge in [0.25, 0.3) is 5.91 Å². The number of fused-ring (bicyclic) bond motifs is 1. The number of ether oxygens (including phenoxy) is 1. The molecule has 0 unspecified atom stereocenters. The van der Waals surface area contributed by atoms with Gasteiger partial charge in [0, 0.05) is 44.3 Å². The number of benzene rings is 1. The first-order chi connectivity index (χ1) is 20.0. The molecule has 1 atom stereocenters. The van der Waals surface area contributed by atoms with Gasteiger partial charge in [0.2, 0.25) is 5.91 Å². The minimum absolute atomic E-state index is 0.0142. The Bertz CT molecular complexity index is 1440. The van der Waals surface area contributed by atoms with Crippen molar-refractivity contribution in [2.45, 2.75) is 84.7 Å². The Morgan fingerprint density at radius 1 is 1.09 bits per heavy atom. The number of nitrogens with zero attached hydrogens (tertiary/aromatic N) is 4. The van der Waals surface area contributed by atoms with Gasteiger partial charge in [0.1, 0.15) is 5.60 Å². The highest BCUT2D eigenvalue weighted by molar-refractivity contribution is 6.66. The first-order valence-electron chi connectivity index (χ1n) is 14.7. The molecular formula is C30H41BClN5O6. The predicted molar refractivity (Wildman–Crippen MR) is 163 cm³/mol. The number of hydrogen-bond acceptors (Lipinski definition) is 7. The van der Waals surface area contributed by atoms with E-state index in [4.69, 9.17) is 25.6 Å². The van der Waals surface area contributed by atoms with Crippen molar-refractivity contribution in [3.63, 3.8) is 0 Å². The van der Waals surface area contributed by atoms with E-state index in [1.165, 1.54) is 0 Å². The molecule has 5 rings (SSSR count). The third-order valence-electron chi connectivity index (χ3n) is 8.74. The van der Waals surface area contributed by atoms with Crippen LogP contribution in [0.4, 0.5) is 10.5 Å². The van der Waals surface area contributed by atoms with Crippen molar-refractivity contribution in [2.24, 2.45) is 13.0 Å². The van der Waals surface area contributed by atoms with E-state index in [-0.39, 0.29) is 17.6 Å². The summed E-state index contributed by atoms with van der Waals surface area (Å²) in [5.41, 5.74) is 0.996. The Labute approximate surface area is 258 Å². The standard InChI is InChI=1S/C30H41BClN5O6/c1-28(2,3)41-27(40)37-14-12-18(16-37)26(39)36-15-13-22-21(17-36)33-24(35(22)8)25(38)34-20-11-9-10-19(23(20)32)31-42-29(4,5)30(6,7)43-31/h9-11,18H,12-17H2,1-8H3,(H,34,38)/t18-/m0/s1. The maximum Gasteiger partial charge on any atom is 0.496 e. The zero-order valence-corrected chi connectivity index (χ0v) is 27.0. The molecule has 0 bridgehead atoms. The zero-order valence-electron chi connectivity index (χ0n) is 26.2. The van der Waals surface area contributed by atoms with E-state index in [0.717, 1.165) is 5.69 Å². The van der Waals surface area contributed by atoms with Crippen LogP contribution in [-0.4, -0.2) is 80.8 Å². The van der Waals surface area contributed by atoms with Gasteiger partial charge in [-0.15, -0.1) is 0 Å². The quantitative estimate of drug-likeness (QED) is 0.522. The second kappa shape index (κ2) is 11.1. The number of rotatable bonds is 4. The molecule has 4 heterocycles. The zero-order chi connectivity index (χ0) is 31.5. The number of anilines is 1. The third-order valence-corrected chi connectivity index (χ3v) is 9.17. The van der Waals surface area contributed by atoms with Gasteiger partial charge < -0.3 is 33.7 Å². The highest BCUT2D eigenvalue weighted by Gasteiger charge is 2.52. The Hall–Kier alpha value is -3.09. The van der Waals surface area contributed by atoms with Gasteiger partial charge in [0.15, 0.2) is 5.82 Å². The molecule has 1 N–H and O–H groups in total. The lowest BCUT2D eigenvalue weighted by Crippen LogP contribution is -2.42. The molecule has 13 heteroatoms. The summed E-state index contributed by atoms with van der Waals surface area (Å²) in [6.45, 7) is 15.0. The lowest BCUT2D eigenvalue weighted by atomic mass is 9.79. The third kappa shape index (κ3) is 6.14. The van der Waals surface area contributed by atoms with Gasteiger partial charge in [0.05, 0.1) is 40.1 Å². The Kier molecular flexibility index (Phi) is 8.11. The number of aromatic nitrogens is 2. The number of halogens is 1. The van der Waals surface area contributed by atoms with Crippen molar-refractivity contribution in [1.29, 1.82) is 0 Å². The van der Waals surface area contributed by atoms with Crippen LogP contribution in [0.15, 0.2) is 18.2 Å². The van der Waals surface area contributed by atoms with Crippen LogP contribution in [0.1, 0.15) is 76.9 Å². The summed E-state index contributed by atoms with van der Waals surface area (Å²) in [6.07, 6.45) is 0.757. The van der Waals surface area contributed by atoms with Crippen LogP contribution in [0.3, 0.4) is 0 Å². The fourth-order valence-electron chi connectivity index (χ4n) is 5.61. The van der Waals surface area contributed by atoms with Crippen LogP contribution in [0.5, 0.6) is 0 Å². The van der Waals surface area contributed by atoms with E-state index in [2.05, 4.69) is 10.3 Å². The Morgan fingerprint density at radius 2 is 1.77 bits per heavy atom. The van der Waals surface area contributed by atoms with Crippen LogP contribution >= 0.6 is 11.6 Å². The van der Waals surface area contributed by atoms with Gasteiger partial charge >= 0.3 is 13.2 Å². The van der Waals surface area contributed by atoms with E-state index in [0.29, 0.717) is 60.9 Å². The summed E-state index contributed by atoms with van der Waals surface area (Å²) < 4.78 is 19.6. The molecule has 2 fully saturated rings. The molecule has 43 heavy (non-hydrogen) atoms. The molecule has 0 aliphatic carbocycles. The van der Waals surface area contributed by atoms with Crippen molar-refractivity contribution in [3.05, 3.63) is 40.4 Å². The smallest absolute Gasteiger partial charge is 0.444 e. The average molecular weight is 614 g/mol. The molecular weight excluding hydrogens is 573 g/mol. The number of likely N-dealkylation sites (tertiary alicyclic amines) is 1. The van der Waals surface area contributed by atoms with Crippen LogP contribution in [-0.2, 0) is 38.9 Å². The number of amides is 3. The topological polar surface area (TPSA) is 115 Å². The predicted octanol–water partition coefficient (Wildman–Crippen LogP) is 3.77.